The minimum Gasteiger partial charge on any atom is -0.470 e. The molecule has 5 nitrogen and oxygen atoms in total. The summed E-state index contributed by atoms with van der Waals surface area (Å²) in [6.45, 7) is -0.132. The Hall–Kier alpha value is -3.08. The van der Waals surface area contributed by atoms with Gasteiger partial charge >= 0.3 is 0 Å². The van der Waals surface area contributed by atoms with E-state index < -0.39 is 5.91 Å². The van der Waals surface area contributed by atoms with Crippen molar-refractivity contribution in [2.24, 2.45) is 0 Å². The standard InChI is InChI=1S/C17H14N2O3/c20-14-11-22-17(19-13-9-5-2-6-10-13)15(14)16(21)18-12-7-3-1-4-8-12/h1-10,19H,11H2,(H,18,21). The third-order valence-electron chi connectivity index (χ3n) is 3.14. The molecule has 5 heteroatoms. The van der Waals surface area contributed by atoms with Crippen LogP contribution < -0.4 is 10.6 Å². The molecule has 0 atom stereocenters. The number of Topliss-reactive ketones (excluding diaryl/α,β-unsaturated/α-hetero) is 1. The van der Waals surface area contributed by atoms with Crippen LogP contribution in [0.15, 0.2) is 72.1 Å². The van der Waals surface area contributed by atoms with Crippen LogP contribution in [0.4, 0.5) is 11.4 Å². The molecule has 1 amide bonds. The Morgan fingerprint density at radius 1 is 0.909 bits per heavy atom. The van der Waals surface area contributed by atoms with E-state index in [1.807, 2.05) is 36.4 Å². The quantitative estimate of drug-likeness (QED) is 0.850. The second-order valence-corrected chi connectivity index (χ2v) is 4.73. The topological polar surface area (TPSA) is 67.4 Å². The van der Waals surface area contributed by atoms with Crippen molar-refractivity contribution in [2.45, 2.75) is 0 Å². The van der Waals surface area contributed by atoms with Crippen molar-refractivity contribution in [3.63, 3.8) is 0 Å². The average Bonchev–Trinajstić information content (AvgIpc) is 2.90. The van der Waals surface area contributed by atoms with E-state index in [0.29, 0.717) is 5.69 Å². The van der Waals surface area contributed by atoms with Crippen molar-refractivity contribution in [3.8, 4) is 0 Å². The predicted molar refractivity (Wildman–Crippen MR) is 83.1 cm³/mol. The predicted octanol–water partition coefficient (Wildman–Crippen LogP) is 2.55. The number of hydrogen-bond donors (Lipinski definition) is 2. The average molecular weight is 294 g/mol. The highest BCUT2D eigenvalue weighted by Crippen LogP contribution is 2.21. The molecule has 0 aromatic heterocycles. The molecule has 110 valence electrons. The molecule has 0 fully saturated rings. The van der Waals surface area contributed by atoms with Crippen LogP contribution in [0.2, 0.25) is 0 Å². The number of benzene rings is 2. The molecule has 0 radical (unpaired) electrons. The van der Waals surface area contributed by atoms with E-state index >= 15 is 0 Å². The van der Waals surface area contributed by atoms with Crippen molar-refractivity contribution >= 4 is 23.1 Å². The number of rotatable bonds is 4. The molecule has 2 aromatic carbocycles. The van der Waals surface area contributed by atoms with Gasteiger partial charge in [0.15, 0.2) is 6.61 Å². The molecule has 1 aliphatic rings. The highest BCUT2D eigenvalue weighted by molar-refractivity contribution is 6.25. The molecule has 0 bridgehead atoms. The number of anilines is 2. The van der Waals surface area contributed by atoms with Crippen LogP contribution in [0.3, 0.4) is 0 Å². The van der Waals surface area contributed by atoms with Crippen molar-refractivity contribution in [3.05, 3.63) is 72.1 Å². The normalized spacial score (nSPS) is 13.7. The number of carbonyl (C=O) groups excluding carboxylic acids is 2. The minimum atomic E-state index is -0.480. The number of ether oxygens (including phenoxy) is 1. The van der Waals surface area contributed by atoms with Gasteiger partial charge < -0.3 is 15.4 Å². The molecule has 0 aliphatic carbocycles. The summed E-state index contributed by atoms with van der Waals surface area (Å²) in [7, 11) is 0. The van der Waals surface area contributed by atoms with Crippen LogP contribution >= 0.6 is 0 Å². The van der Waals surface area contributed by atoms with Crippen LogP contribution in [0, 0.1) is 0 Å². The molecule has 1 aliphatic heterocycles. The fourth-order valence-electron chi connectivity index (χ4n) is 2.10. The SMILES string of the molecule is O=C1COC(Nc2ccccc2)=C1C(=O)Nc1ccccc1. The maximum atomic E-state index is 12.3. The van der Waals surface area contributed by atoms with Gasteiger partial charge in [0.05, 0.1) is 0 Å². The minimum absolute atomic E-state index is 0.00714. The van der Waals surface area contributed by atoms with Crippen molar-refractivity contribution in [1.29, 1.82) is 0 Å². The summed E-state index contributed by atoms with van der Waals surface area (Å²) in [5.41, 5.74) is 1.38. The van der Waals surface area contributed by atoms with Gasteiger partial charge in [0.25, 0.3) is 5.91 Å². The lowest BCUT2D eigenvalue weighted by molar-refractivity contribution is -0.120. The molecule has 1 heterocycles. The number of ketones is 1. The summed E-state index contributed by atoms with van der Waals surface area (Å²) >= 11 is 0. The summed E-state index contributed by atoms with van der Waals surface area (Å²) in [4.78, 5) is 24.2. The Labute approximate surface area is 127 Å². The van der Waals surface area contributed by atoms with Gasteiger partial charge in [-0.25, -0.2) is 0 Å². The second-order valence-electron chi connectivity index (χ2n) is 4.73. The molecule has 0 saturated heterocycles. The van der Waals surface area contributed by atoms with E-state index in [-0.39, 0.29) is 23.8 Å². The molecule has 22 heavy (non-hydrogen) atoms. The van der Waals surface area contributed by atoms with Crippen LogP contribution in [0.25, 0.3) is 0 Å². The van der Waals surface area contributed by atoms with Gasteiger partial charge in [0, 0.05) is 11.4 Å². The number of carbonyl (C=O) groups is 2. The van der Waals surface area contributed by atoms with Crippen LogP contribution in [0.1, 0.15) is 0 Å². The lowest BCUT2D eigenvalue weighted by Crippen LogP contribution is -2.21. The van der Waals surface area contributed by atoms with E-state index in [1.54, 1.807) is 24.3 Å². The highest BCUT2D eigenvalue weighted by atomic mass is 16.5. The first-order valence-corrected chi connectivity index (χ1v) is 6.83. The summed E-state index contributed by atoms with van der Waals surface area (Å²) < 4.78 is 5.30. The first-order chi connectivity index (χ1) is 10.7. The molecule has 0 saturated carbocycles. The number of hydrogen-bond acceptors (Lipinski definition) is 4. The third-order valence-corrected chi connectivity index (χ3v) is 3.14. The lowest BCUT2D eigenvalue weighted by Gasteiger charge is -2.09. The Balaban J connectivity index is 1.83. The van der Waals surface area contributed by atoms with Crippen molar-refractivity contribution in [1.82, 2.24) is 0 Å². The van der Waals surface area contributed by atoms with Gasteiger partial charge in [-0.2, -0.15) is 0 Å². The van der Waals surface area contributed by atoms with Gasteiger partial charge in [0.2, 0.25) is 11.7 Å². The summed E-state index contributed by atoms with van der Waals surface area (Å²) in [5.74, 6) is -0.636. The fourth-order valence-corrected chi connectivity index (χ4v) is 2.10. The third kappa shape index (κ3) is 2.98. The molecule has 0 spiro atoms. The van der Waals surface area contributed by atoms with Gasteiger partial charge in [-0.3, -0.25) is 9.59 Å². The number of amides is 1. The van der Waals surface area contributed by atoms with Crippen LogP contribution in [-0.4, -0.2) is 18.3 Å². The monoisotopic (exact) mass is 294 g/mol. The van der Waals surface area contributed by atoms with E-state index in [2.05, 4.69) is 10.6 Å². The molecule has 3 rings (SSSR count). The smallest absolute Gasteiger partial charge is 0.264 e. The fraction of sp³-hybridized carbons (Fsp3) is 0.0588. The van der Waals surface area contributed by atoms with E-state index in [1.165, 1.54) is 0 Å². The second kappa shape index (κ2) is 6.13. The molecule has 0 unspecified atom stereocenters. The molecular formula is C17H14N2O3. The molecular weight excluding hydrogens is 280 g/mol. The van der Waals surface area contributed by atoms with E-state index in [4.69, 9.17) is 4.74 Å². The zero-order valence-corrected chi connectivity index (χ0v) is 11.7. The first-order valence-electron chi connectivity index (χ1n) is 6.83. The molecule has 2 aromatic rings. The summed E-state index contributed by atoms with van der Waals surface area (Å²) in [5, 5.41) is 5.66. The maximum absolute atomic E-state index is 12.3. The van der Waals surface area contributed by atoms with Gasteiger partial charge in [-0.1, -0.05) is 36.4 Å². The maximum Gasteiger partial charge on any atom is 0.264 e. The Kier molecular flexibility index (Phi) is 3.87. The van der Waals surface area contributed by atoms with Crippen molar-refractivity contribution < 1.29 is 14.3 Å². The zero-order valence-electron chi connectivity index (χ0n) is 11.7. The Morgan fingerprint density at radius 2 is 1.50 bits per heavy atom. The number of nitrogens with one attached hydrogen (secondary N) is 2. The number of para-hydroxylation sites is 2. The van der Waals surface area contributed by atoms with Gasteiger partial charge in [0.1, 0.15) is 5.57 Å². The Morgan fingerprint density at radius 3 is 2.14 bits per heavy atom. The lowest BCUT2D eigenvalue weighted by atomic mass is 10.2. The van der Waals surface area contributed by atoms with E-state index in [0.717, 1.165) is 5.69 Å². The van der Waals surface area contributed by atoms with Gasteiger partial charge in [-0.05, 0) is 24.3 Å². The summed E-state index contributed by atoms with van der Waals surface area (Å²) in [6, 6.07) is 18.2. The van der Waals surface area contributed by atoms with Crippen LogP contribution in [0.5, 0.6) is 0 Å². The first kappa shape index (κ1) is 13.9. The van der Waals surface area contributed by atoms with Crippen LogP contribution in [-0.2, 0) is 14.3 Å². The highest BCUT2D eigenvalue weighted by Gasteiger charge is 2.31. The summed E-state index contributed by atoms with van der Waals surface area (Å²) in [6.07, 6.45) is 0. The van der Waals surface area contributed by atoms with Crippen molar-refractivity contribution in [2.75, 3.05) is 17.2 Å². The van der Waals surface area contributed by atoms with E-state index in [9.17, 15) is 9.59 Å². The molecule has 2 N–H and O–H groups in total. The van der Waals surface area contributed by atoms with Gasteiger partial charge in [-0.15, -0.1) is 0 Å². The Bertz CT molecular complexity index is 724. The largest absolute Gasteiger partial charge is 0.470 e. The zero-order chi connectivity index (χ0) is 15.4.